The van der Waals surface area contributed by atoms with Crippen LogP contribution < -0.4 is 5.32 Å². The molecule has 3 aromatic heterocycles. The van der Waals surface area contributed by atoms with E-state index in [4.69, 9.17) is 4.52 Å². The number of aromatic nitrogens is 3. The van der Waals surface area contributed by atoms with Crippen LogP contribution in [-0.2, 0) is 4.79 Å². The number of ketones is 1. The van der Waals surface area contributed by atoms with Crippen LogP contribution in [0.4, 0.5) is 5.69 Å². The zero-order valence-corrected chi connectivity index (χ0v) is 14.7. The van der Waals surface area contributed by atoms with Crippen LogP contribution in [0.1, 0.15) is 28.7 Å². The zero-order chi connectivity index (χ0) is 19.0. The topological polar surface area (TPSA) is 101 Å². The van der Waals surface area contributed by atoms with E-state index >= 15 is 0 Å². The summed E-state index contributed by atoms with van der Waals surface area (Å²) in [5.74, 6) is 0.206. The van der Waals surface area contributed by atoms with Crippen molar-refractivity contribution in [1.82, 2.24) is 15.1 Å². The first-order chi connectivity index (χ1) is 13.0. The SMILES string of the molecule is CC(=O)Nc1cccc(-c2cnc3[nH]cc(C(=O)c4cc(C)on4)c3c2)c1. The molecule has 0 aliphatic carbocycles. The molecule has 27 heavy (non-hydrogen) atoms. The Morgan fingerprint density at radius 1 is 1.15 bits per heavy atom. The average molecular weight is 360 g/mol. The number of rotatable bonds is 4. The van der Waals surface area contributed by atoms with E-state index in [1.807, 2.05) is 30.3 Å². The Balaban J connectivity index is 1.76. The van der Waals surface area contributed by atoms with E-state index in [2.05, 4.69) is 20.4 Å². The smallest absolute Gasteiger partial charge is 0.221 e. The number of aromatic amines is 1. The minimum atomic E-state index is -0.232. The summed E-state index contributed by atoms with van der Waals surface area (Å²) in [4.78, 5) is 31.4. The molecule has 0 saturated heterocycles. The number of nitrogens with zero attached hydrogens (tertiary/aromatic N) is 2. The first-order valence-electron chi connectivity index (χ1n) is 8.34. The van der Waals surface area contributed by atoms with Crippen LogP contribution in [0.15, 0.2) is 53.3 Å². The standard InChI is InChI=1S/C20H16N4O3/c1-11-6-18(24-27-11)19(26)17-10-22-20-16(17)8-14(9-21-20)13-4-3-5-15(7-13)23-12(2)25/h3-10H,1-2H3,(H,21,22)(H,23,25). The molecule has 134 valence electrons. The van der Waals surface area contributed by atoms with E-state index < -0.39 is 0 Å². The summed E-state index contributed by atoms with van der Waals surface area (Å²) in [5, 5.41) is 7.26. The van der Waals surface area contributed by atoms with E-state index in [-0.39, 0.29) is 17.4 Å². The van der Waals surface area contributed by atoms with Crippen molar-refractivity contribution < 1.29 is 14.1 Å². The number of hydrogen-bond acceptors (Lipinski definition) is 5. The molecule has 0 bridgehead atoms. The number of benzene rings is 1. The van der Waals surface area contributed by atoms with Gasteiger partial charge >= 0.3 is 0 Å². The Bertz CT molecular complexity index is 1170. The number of H-pyrrole nitrogens is 1. The Morgan fingerprint density at radius 3 is 2.74 bits per heavy atom. The lowest BCUT2D eigenvalue weighted by molar-refractivity contribution is -0.114. The molecule has 3 heterocycles. The molecular weight excluding hydrogens is 344 g/mol. The van der Waals surface area contributed by atoms with Crippen LogP contribution in [-0.4, -0.2) is 26.8 Å². The van der Waals surface area contributed by atoms with Gasteiger partial charge in [-0.1, -0.05) is 17.3 Å². The first kappa shape index (κ1) is 16.7. The molecular formula is C20H16N4O3. The summed E-state index contributed by atoms with van der Waals surface area (Å²) in [6.45, 7) is 3.20. The predicted octanol–water partition coefficient (Wildman–Crippen LogP) is 3.72. The van der Waals surface area contributed by atoms with Crippen molar-refractivity contribution in [2.24, 2.45) is 0 Å². The molecule has 0 radical (unpaired) electrons. The minimum absolute atomic E-state index is 0.137. The third kappa shape index (κ3) is 3.22. The maximum absolute atomic E-state index is 12.7. The molecule has 4 rings (SSSR count). The average Bonchev–Trinajstić information content (AvgIpc) is 3.26. The number of pyridine rings is 1. The molecule has 0 unspecified atom stereocenters. The Morgan fingerprint density at radius 2 is 2.00 bits per heavy atom. The highest BCUT2D eigenvalue weighted by Crippen LogP contribution is 2.27. The van der Waals surface area contributed by atoms with Crippen molar-refractivity contribution in [2.75, 3.05) is 5.32 Å². The molecule has 1 aromatic carbocycles. The van der Waals surface area contributed by atoms with Crippen LogP contribution in [0.5, 0.6) is 0 Å². The number of fused-ring (bicyclic) bond motifs is 1. The second-order valence-electron chi connectivity index (χ2n) is 6.24. The van der Waals surface area contributed by atoms with Crippen molar-refractivity contribution >= 4 is 28.4 Å². The van der Waals surface area contributed by atoms with Crippen molar-refractivity contribution in [3.05, 3.63) is 65.8 Å². The summed E-state index contributed by atoms with van der Waals surface area (Å²) in [7, 11) is 0. The number of nitrogens with one attached hydrogen (secondary N) is 2. The van der Waals surface area contributed by atoms with Gasteiger partial charge < -0.3 is 14.8 Å². The summed E-state index contributed by atoms with van der Waals surface area (Å²) >= 11 is 0. The largest absolute Gasteiger partial charge is 0.361 e. The number of amides is 1. The fraction of sp³-hybridized carbons (Fsp3) is 0.100. The summed E-state index contributed by atoms with van der Waals surface area (Å²) in [5.41, 5.74) is 3.76. The molecule has 2 N–H and O–H groups in total. The second kappa shape index (κ2) is 6.53. The van der Waals surface area contributed by atoms with E-state index in [0.29, 0.717) is 28.0 Å². The highest BCUT2D eigenvalue weighted by molar-refractivity contribution is 6.15. The van der Waals surface area contributed by atoms with Crippen LogP contribution in [0, 0.1) is 6.92 Å². The fourth-order valence-electron chi connectivity index (χ4n) is 2.94. The normalized spacial score (nSPS) is 10.9. The van der Waals surface area contributed by atoms with Gasteiger partial charge in [0.2, 0.25) is 11.7 Å². The van der Waals surface area contributed by atoms with Crippen LogP contribution in [0.2, 0.25) is 0 Å². The number of hydrogen-bond donors (Lipinski definition) is 2. The van der Waals surface area contributed by atoms with E-state index in [0.717, 1.165) is 11.1 Å². The molecule has 0 fully saturated rings. The summed E-state index contributed by atoms with van der Waals surface area (Å²) < 4.78 is 5.00. The number of carbonyl (C=O) groups is 2. The number of carbonyl (C=O) groups excluding carboxylic acids is 2. The first-order valence-corrected chi connectivity index (χ1v) is 8.34. The molecule has 0 atom stereocenters. The van der Waals surface area contributed by atoms with Crippen molar-refractivity contribution in [2.45, 2.75) is 13.8 Å². The highest BCUT2D eigenvalue weighted by Gasteiger charge is 2.18. The number of anilines is 1. The minimum Gasteiger partial charge on any atom is -0.361 e. The molecule has 4 aromatic rings. The fourth-order valence-corrected chi connectivity index (χ4v) is 2.94. The van der Waals surface area contributed by atoms with Crippen LogP contribution in [0.25, 0.3) is 22.2 Å². The lowest BCUT2D eigenvalue weighted by Crippen LogP contribution is -2.05. The van der Waals surface area contributed by atoms with Gasteiger partial charge in [0.05, 0.1) is 5.56 Å². The quantitative estimate of drug-likeness (QED) is 0.540. The van der Waals surface area contributed by atoms with Gasteiger partial charge in [0.25, 0.3) is 0 Å². The lowest BCUT2D eigenvalue weighted by Gasteiger charge is -2.06. The van der Waals surface area contributed by atoms with Crippen LogP contribution in [0.3, 0.4) is 0 Å². The van der Waals surface area contributed by atoms with Gasteiger partial charge in [0.1, 0.15) is 11.4 Å². The lowest BCUT2D eigenvalue weighted by atomic mass is 10.0. The highest BCUT2D eigenvalue weighted by atomic mass is 16.5. The van der Waals surface area contributed by atoms with E-state index in [1.54, 1.807) is 25.4 Å². The summed E-state index contributed by atoms with van der Waals surface area (Å²) in [6, 6.07) is 10.9. The number of aryl methyl sites for hydroxylation is 1. The molecule has 7 heteroatoms. The molecule has 0 saturated carbocycles. The Kier molecular flexibility index (Phi) is 4.04. The Hall–Kier alpha value is -3.74. The molecule has 0 aliphatic heterocycles. The molecule has 7 nitrogen and oxygen atoms in total. The van der Waals surface area contributed by atoms with Gasteiger partial charge in [-0.25, -0.2) is 4.98 Å². The maximum Gasteiger partial charge on any atom is 0.221 e. The predicted molar refractivity (Wildman–Crippen MR) is 101 cm³/mol. The Labute approximate surface area is 154 Å². The van der Waals surface area contributed by atoms with E-state index in [9.17, 15) is 9.59 Å². The maximum atomic E-state index is 12.7. The monoisotopic (exact) mass is 360 g/mol. The van der Waals surface area contributed by atoms with Crippen LogP contribution >= 0.6 is 0 Å². The third-order valence-corrected chi connectivity index (χ3v) is 4.15. The third-order valence-electron chi connectivity index (χ3n) is 4.15. The van der Waals surface area contributed by atoms with E-state index in [1.165, 1.54) is 6.92 Å². The van der Waals surface area contributed by atoms with Gasteiger partial charge in [0, 0.05) is 42.0 Å². The molecule has 1 amide bonds. The van der Waals surface area contributed by atoms with Gasteiger partial charge in [-0.05, 0) is 30.7 Å². The second-order valence-corrected chi connectivity index (χ2v) is 6.24. The van der Waals surface area contributed by atoms with Gasteiger partial charge in [0.15, 0.2) is 5.69 Å². The van der Waals surface area contributed by atoms with Gasteiger partial charge in [-0.2, -0.15) is 0 Å². The zero-order valence-electron chi connectivity index (χ0n) is 14.7. The van der Waals surface area contributed by atoms with Gasteiger partial charge in [-0.3, -0.25) is 9.59 Å². The van der Waals surface area contributed by atoms with Gasteiger partial charge in [-0.15, -0.1) is 0 Å². The molecule has 0 spiro atoms. The van der Waals surface area contributed by atoms with Crippen molar-refractivity contribution in [1.29, 1.82) is 0 Å². The van der Waals surface area contributed by atoms with Crippen molar-refractivity contribution in [3.8, 4) is 11.1 Å². The summed E-state index contributed by atoms with van der Waals surface area (Å²) in [6.07, 6.45) is 3.35. The molecule has 0 aliphatic rings. The van der Waals surface area contributed by atoms with Crippen molar-refractivity contribution in [3.63, 3.8) is 0 Å².